The quantitative estimate of drug-likeness (QED) is 0.863. The summed E-state index contributed by atoms with van der Waals surface area (Å²) < 4.78 is 3.33. The van der Waals surface area contributed by atoms with Crippen molar-refractivity contribution in [1.29, 1.82) is 0 Å². The van der Waals surface area contributed by atoms with E-state index in [1.165, 1.54) is 42.3 Å². The van der Waals surface area contributed by atoms with E-state index in [0.717, 1.165) is 24.6 Å². The molecule has 1 aromatic heterocycles. The van der Waals surface area contributed by atoms with Crippen LogP contribution in [0.3, 0.4) is 0 Å². The van der Waals surface area contributed by atoms with Crippen molar-refractivity contribution in [3.8, 4) is 0 Å². The summed E-state index contributed by atoms with van der Waals surface area (Å²) in [4.78, 5) is 0. The molecule has 1 aliphatic rings. The van der Waals surface area contributed by atoms with Gasteiger partial charge in [0, 0.05) is 19.0 Å². The van der Waals surface area contributed by atoms with Crippen LogP contribution in [0.5, 0.6) is 0 Å². The average Bonchev–Trinajstić information content (AvgIpc) is 3.01. The maximum Gasteiger partial charge on any atom is 0.0738 e. The highest BCUT2D eigenvalue weighted by atomic mass is 79.9. The van der Waals surface area contributed by atoms with E-state index in [-0.39, 0.29) is 0 Å². The standard InChI is InChI=1S/C15H26BrN3/c1-4-19-14(15(16)11(2)18-19)10-13(17-3)9-12-7-5-6-8-12/h12-13,17H,4-10H2,1-3H3. The van der Waals surface area contributed by atoms with E-state index < -0.39 is 0 Å². The number of nitrogens with one attached hydrogen (secondary N) is 1. The largest absolute Gasteiger partial charge is 0.317 e. The Morgan fingerprint density at radius 3 is 2.68 bits per heavy atom. The SMILES string of the molecule is CCn1nc(C)c(Br)c1CC(CC1CCCC1)NC. The van der Waals surface area contributed by atoms with Gasteiger partial charge in [0.25, 0.3) is 0 Å². The zero-order valence-electron chi connectivity index (χ0n) is 12.4. The van der Waals surface area contributed by atoms with Crippen LogP contribution in [-0.2, 0) is 13.0 Å². The molecule has 19 heavy (non-hydrogen) atoms. The van der Waals surface area contributed by atoms with Gasteiger partial charge >= 0.3 is 0 Å². The van der Waals surface area contributed by atoms with Crippen LogP contribution in [0.1, 0.15) is 50.4 Å². The lowest BCUT2D eigenvalue weighted by atomic mass is 9.95. The lowest BCUT2D eigenvalue weighted by Crippen LogP contribution is -2.30. The molecule has 108 valence electrons. The molecule has 1 N–H and O–H groups in total. The van der Waals surface area contributed by atoms with Crippen molar-refractivity contribution < 1.29 is 0 Å². The molecule has 1 atom stereocenters. The van der Waals surface area contributed by atoms with E-state index in [4.69, 9.17) is 0 Å². The van der Waals surface area contributed by atoms with E-state index >= 15 is 0 Å². The lowest BCUT2D eigenvalue weighted by molar-refractivity contribution is 0.395. The molecule has 0 amide bonds. The molecule has 0 aliphatic heterocycles. The van der Waals surface area contributed by atoms with Crippen LogP contribution < -0.4 is 5.32 Å². The van der Waals surface area contributed by atoms with Crippen LogP contribution in [-0.4, -0.2) is 22.9 Å². The maximum absolute atomic E-state index is 4.59. The predicted molar refractivity (Wildman–Crippen MR) is 83.5 cm³/mol. The third kappa shape index (κ3) is 3.60. The first-order valence-electron chi connectivity index (χ1n) is 7.54. The molecule has 0 radical (unpaired) electrons. The molecule has 3 nitrogen and oxygen atoms in total. The summed E-state index contributed by atoms with van der Waals surface area (Å²) in [5, 5.41) is 8.09. The molecule has 4 heteroatoms. The van der Waals surface area contributed by atoms with Crippen LogP contribution in [0.15, 0.2) is 4.47 Å². The van der Waals surface area contributed by atoms with Gasteiger partial charge in [-0.15, -0.1) is 0 Å². The van der Waals surface area contributed by atoms with Crippen molar-refractivity contribution >= 4 is 15.9 Å². The van der Waals surface area contributed by atoms with Crippen molar-refractivity contribution in [2.75, 3.05) is 7.05 Å². The molecule has 0 spiro atoms. The van der Waals surface area contributed by atoms with Crippen molar-refractivity contribution in [2.45, 2.75) is 65.0 Å². The Hall–Kier alpha value is -0.350. The minimum absolute atomic E-state index is 0.570. The highest BCUT2D eigenvalue weighted by molar-refractivity contribution is 9.10. The van der Waals surface area contributed by atoms with Gasteiger partial charge < -0.3 is 5.32 Å². The van der Waals surface area contributed by atoms with Gasteiger partial charge in [0.1, 0.15) is 0 Å². The Balaban J connectivity index is 2.04. The third-order valence-electron chi connectivity index (χ3n) is 4.39. The molecule has 1 aromatic rings. The summed E-state index contributed by atoms with van der Waals surface area (Å²) in [6.45, 7) is 5.18. The summed E-state index contributed by atoms with van der Waals surface area (Å²) in [5.41, 5.74) is 2.45. The monoisotopic (exact) mass is 327 g/mol. The number of hydrogen-bond donors (Lipinski definition) is 1. The minimum Gasteiger partial charge on any atom is -0.317 e. The number of likely N-dealkylation sites (N-methyl/N-ethyl adjacent to an activating group) is 1. The first-order chi connectivity index (χ1) is 9.15. The summed E-state index contributed by atoms with van der Waals surface area (Å²) in [6, 6.07) is 0.570. The van der Waals surface area contributed by atoms with Crippen LogP contribution in [0.2, 0.25) is 0 Å². The van der Waals surface area contributed by atoms with Gasteiger partial charge in [-0.1, -0.05) is 25.7 Å². The van der Waals surface area contributed by atoms with Crippen molar-refractivity contribution in [3.63, 3.8) is 0 Å². The van der Waals surface area contributed by atoms with Crippen molar-refractivity contribution in [1.82, 2.24) is 15.1 Å². The van der Waals surface area contributed by atoms with Crippen LogP contribution in [0.25, 0.3) is 0 Å². The van der Waals surface area contributed by atoms with Gasteiger partial charge in [-0.05, 0) is 49.2 Å². The van der Waals surface area contributed by atoms with Crippen LogP contribution in [0, 0.1) is 12.8 Å². The van der Waals surface area contributed by atoms with Gasteiger partial charge in [0.15, 0.2) is 0 Å². The summed E-state index contributed by atoms with van der Waals surface area (Å²) in [5.74, 6) is 0.926. The van der Waals surface area contributed by atoms with Crippen LogP contribution in [0.4, 0.5) is 0 Å². The second-order valence-corrected chi connectivity index (χ2v) is 6.53. The van der Waals surface area contributed by atoms with Gasteiger partial charge in [0.2, 0.25) is 0 Å². The third-order valence-corrected chi connectivity index (χ3v) is 5.42. The molecule has 1 unspecified atom stereocenters. The summed E-state index contributed by atoms with van der Waals surface area (Å²) in [7, 11) is 2.09. The Kier molecular flexibility index (Phi) is 5.46. The van der Waals surface area contributed by atoms with Gasteiger partial charge in [0.05, 0.1) is 15.9 Å². The molecular formula is C15H26BrN3. The van der Waals surface area contributed by atoms with E-state index in [1.807, 2.05) is 0 Å². The highest BCUT2D eigenvalue weighted by Gasteiger charge is 2.22. The van der Waals surface area contributed by atoms with Gasteiger partial charge in [-0.25, -0.2) is 0 Å². The van der Waals surface area contributed by atoms with E-state index in [0.29, 0.717) is 6.04 Å². The average molecular weight is 328 g/mol. The van der Waals surface area contributed by atoms with E-state index in [2.05, 4.69) is 51.9 Å². The second kappa shape index (κ2) is 6.89. The number of nitrogens with zero attached hydrogens (tertiary/aromatic N) is 2. The Labute approximate surface area is 125 Å². The summed E-state index contributed by atoms with van der Waals surface area (Å²) >= 11 is 3.70. The van der Waals surface area contributed by atoms with Gasteiger partial charge in [-0.3, -0.25) is 4.68 Å². The predicted octanol–water partition coefficient (Wildman–Crippen LogP) is 3.68. The first kappa shape index (κ1) is 15.0. The Bertz CT molecular complexity index is 408. The fourth-order valence-electron chi connectivity index (χ4n) is 3.25. The molecule has 1 aliphatic carbocycles. The Morgan fingerprint density at radius 1 is 1.42 bits per heavy atom. The number of hydrogen-bond acceptors (Lipinski definition) is 2. The fraction of sp³-hybridized carbons (Fsp3) is 0.800. The minimum atomic E-state index is 0.570. The smallest absolute Gasteiger partial charge is 0.0738 e. The number of aromatic nitrogens is 2. The zero-order chi connectivity index (χ0) is 13.8. The second-order valence-electron chi connectivity index (χ2n) is 5.74. The molecule has 2 rings (SSSR count). The van der Waals surface area contributed by atoms with E-state index in [9.17, 15) is 0 Å². The molecular weight excluding hydrogens is 302 g/mol. The van der Waals surface area contributed by atoms with E-state index in [1.54, 1.807) is 0 Å². The molecule has 1 heterocycles. The normalized spacial score (nSPS) is 18.1. The lowest BCUT2D eigenvalue weighted by Gasteiger charge is -2.20. The van der Waals surface area contributed by atoms with Crippen LogP contribution >= 0.6 is 15.9 Å². The van der Waals surface area contributed by atoms with Gasteiger partial charge in [-0.2, -0.15) is 5.10 Å². The molecule has 1 fully saturated rings. The summed E-state index contributed by atoms with van der Waals surface area (Å²) in [6.07, 6.45) is 8.07. The first-order valence-corrected chi connectivity index (χ1v) is 8.34. The number of rotatable bonds is 6. The number of aryl methyl sites for hydroxylation is 2. The number of halogens is 1. The molecule has 0 saturated heterocycles. The maximum atomic E-state index is 4.59. The fourth-order valence-corrected chi connectivity index (χ4v) is 3.69. The Morgan fingerprint density at radius 2 is 2.11 bits per heavy atom. The van der Waals surface area contributed by atoms with Crippen molar-refractivity contribution in [2.24, 2.45) is 5.92 Å². The highest BCUT2D eigenvalue weighted by Crippen LogP contribution is 2.30. The molecule has 1 saturated carbocycles. The topological polar surface area (TPSA) is 29.9 Å². The zero-order valence-corrected chi connectivity index (χ0v) is 14.0. The molecule has 0 bridgehead atoms. The molecule has 0 aromatic carbocycles. The van der Waals surface area contributed by atoms with Crippen molar-refractivity contribution in [3.05, 3.63) is 15.9 Å².